The van der Waals surface area contributed by atoms with Crippen molar-refractivity contribution in [3.63, 3.8) is 0 Å². The lowest BCUT2D eigenvalue weighted by molar-refractivity contribution is -0.127. The molecular formula is C11H15N3O5S. The Bertz CT molecular complexity index is 639. The first-order valence-electron chi connectivity index (χ1n) is 5.48. The van der Waals surface area contributed by atoms with Gasteiger partial charge in [-0.3, -0.25) is 4.79 Å². The van der Waals surface area contributed by atoms with Crippen LogP contribution in [0.2, 0.25) is 0 Å². The average molecular weight is 301 g/mol. The van der Waals surface area contributed by atoms with Gasteiger partial charge in [0.1, 0.15) is 0 Å². The van der Waals surface area contributed by atoms with Crippen LogP contribution in [0, 0.1) is 0 Å². The highest BCUT2D eigenvalue weighted by Crippen LogP contribution is 2.18. The van der Waals surface area contributed by atoms with Crippen LogP contribution < -0.4 is 10.5 Å². The van der Waals surface area contributed by atoms with Gasteiger partial charge in [0.15, 0.2) is 0 Å². The Labute approximate surface area is 116 Å². The number of likely N-dealkylation sites (N-methyl/N-ethyl adjacent to an activating group) is 1. The standard InChI is InChI=1S/C11H15N3O5S/c1-14(2)10(15)6-13-20(18,19)9-4-3-7(12)5-8(9)11(16)17/h3-5,13H,6,12H2,1-2H3,(H,16,17). The third-order valence-electron chi connectivity index (χ3n) is 2.44. The molecule has 9 heteroatoms. The van der Waals surface area contributed by atoms with Crippen LogP contribution in [0.3, 0.4) is 0 Å². The molecule has 20 heavy (non-hydrogen) atoms. The maximum atomic E-state index is 12.0. The van der Waals surface area contributed by atoms with Crippen LogP contribution in [0.5, 0.6) is 0 Å². The quantitative estimate of drug-likeness (QED) is 0.619. The molecule has 0 radical (unpaired) electrons. The molecule has 1 aromatic rings. The molecule has 0 saturated carbocycles. The van der Waals surface area contributed by atoms with Crippen molar-refractivity contribution in [2.45, 2.75) is 4.90 Å². The van der Waals surface area contributed by atoms with E-state index in [9.17, 15) is 18.0 Å². The summed E-state index contributed by atoms with van der Waals surface area (Å²) in [5.41, 5.74) is 5.11. The molecule has 4 N–H and O–H groups in total. The third-order valence-corrected chi connectivity index (χ3v) is 3.90. The molecule has 0 aliphatic rings. The molecule has 0 fully saturated rings. The van der Waals surface area contributed by atoms with E-state index >= 15 is 0 Å². The number of nitrogen functional groups attached to an aromatic ring is 1. The summed E-state index contributed by atoms with van der Waals surface area (Å²) >= 11 is 0. The van der Waals surface area contributed by atoms with Crippen molar-refractivity contribution in [2.24, 2.45) is 0 Å². The lowest BCUT2D eigenvalue weighted by atomic mass is 10.2. The van der Waals surface area contributed by atoms with E-state index in [1.165, 1.54) is 25.1 Å². The van der Waals surface area contributed by atoms with Crippen LogP contribution in [0.4, 0.5) is 5.69 Å². The number of carbonyl (C=O) groups is 2. The van der Waals surface area contributed by atoms with Crippen molar-refractivity contribution in [1.29, 1.82) is 0 Å². The van der Waals surface area contributed by atoms with Crippen molar-refractivity contribution >= 4 is 27.6 Å². The summed E-state index contributed by atoms with van der Waals surface area (Å²) in [5.74, 6) is -1.88. The number of anilines is 1. The van der Waals surface area contributed by atoms with Crippen LogP contribution in [0.25, 0.3) is 0 Å². The molecule has 0 atom stereocenters. The van der Waals surface area contributed by atoms with Gasteiger partial charge < -0.3 is 15.7 Å². The van der Waals surface area contributed by atoms with Gasteiger partial charge in [0, 0.05) is 19.8 Å². The average Bonchev–Trinajstić information content (AvgIpc) is 2.35. The largest absolute Gasteiger partial charge is 0.478 e. The Hall–Kier alpha value is -2.13. The molecule has 0 heterocycles. The maximum absolute atomic E-state index is 12.0. The molecule has 0 aromatic heterocycles. The van der Waals surface area contributed by atoms with Crippen molar-refractivity contribution in [2.75, 3.05) is 26.4 Å². The van der Waals surface area contributed by atoms with E-state index in [0.717, 1.165) is 12.1 Å². The van der Waals surface area contributed by atoms with Gasteiger partial charge in [-0.05, 0) is 18.2 Å². The van der Waals surface area contributed by atoms with Crippen LogP contribution in [0.1, 0.15) is 10.4 Å². The second-order valence-electron chi connectivity index (χ2n) is 4.17. The van der Waals surface area contributed by atoms with E-state index in [4.69, 9.17) is 10.8 Å². The van der Waals surface area contributed by atoms with Crippen LogP contribution in [0.15, 0.2) is 23.1 Å². The van der Waals surface area contributed by atoms with Gasteiger partial charge in [-0.1, -0.05) is 0 Å². The van der Waals surface area contributed by atoms with Crippen molar-refractivity contribution in [3.8, 4) is 0 Å². The molecule has 0 unspecified atom stereocenters. The summed E-state index contributed by atoms with van der Waals surface area (Å²) < 4.78 is 26.1. The van der Waals surface area contributed by atoms with Gasteiger partial charge in [-0.15, -0.1) is 0 Å². The van der Waals surface area contributed by atoms with Crippen LogP contribution in [-0.2, 0) is 14.8 Å². The van der Waals surface area contributed by atoms with E-state index in [1.807, 2.05) is 4.72 Å². The zero-order valence-electron chi connectivity index (χ0n) is 11.0. The van der Waals surface area contributed by atoms with E-state index in [1.54, 1.807) is 0 Å². The molecule has 110 valence electrons. The van der Waals surface area contributed by atoms with Gasteiger partial charge in [-0.2, -0.15) is 0 Å². The van der Waals surface area contributed by atoms with Gasteiger partial charge in [-0.25, -0.2) is 17.9 Å². The molecule has 0 aliphatic heterocycles. The molecular weight excluding hydrogens is 286 g/mol. The summed E-state index contributed by atoms with van der Waals surface area (Å²) in [7, 11) is -1.17. The fourth-order valence-corrected chi connectivity index (χ4v) is 2.49. The minimum Gasteiger partial charge on any atom is -0.478 e. The summed E-state index contributed by atoms with van der Waals surface area (Å²) in [6.45, 7) is -0.460. The van der Waals surface area contributed by atoms with E-state index in [0.29, 0.717) is 0 Å². The Balaban J connectivity index is 3.10. The number of amides is 1. The Kier molecular flexibility index (Phi) is 4.69. The first-order chi connectivity index (χ1) is 9.15. The highest BCUT2D eigenvalue weighted by molar-refractivity contribution is 7.89. The number of benzene rings is 1. The summed E-state index contributed by atoms with van der Waals surface area (Å²) in [4.78, 5) is 23.2. The highest BCUT2D eigenvalue weighted by Gasteiger charge is 2.23. The van der Waals surface area contributed by atoms with Crippen molar-refractivity contribution in [1.82, 2.24) is 9.62 Å². The predicted molar refractivity (Wildman–Crippen MR) is 71.7 cm³/mol. The molecule has 1 aromatic carbocycles. The van der Waals surface area contributed by atoms with E-state index < -0.39 is 38.9 Å². The zero-order valence-corrected chi connectivity index (χ0v) is 11.8. The number of hydrogen-bond acceptors (Lipinski definition) is 5. The number of nitrogens with one attached hydrogen (secondary N) is 1. The first kappa shape index (κ1) is 15.9. The first-order valence-corrected chi connectivity index (χ1v) is 6.96. The molecule has 0 saturated heterocycles. The lowest BCUT2D eigenvalue weighted by Crippen LogP contribution is -2.36. The summed E-state index contributed by atoms with van der Waals surface area (Å²) in [6, 6.07) is 3.40. The zero-order chi connectivity index (χ0) is 15.5. The second-order valence-corrected chi connectivity index (χ2v) is 5.91. The number of sulfonamides is 1. The molecule has 0 aliphatic carbocycles. The summed E-state index contributed by atoms with van der Waals surface area (Å²) in [5, 5.41) is 9.00. The number of nitrogens with zero attached hydrogens (tertiary/aromatic N) is 1. The monoisotopic (exact) mass is 301 g/mol. The fourth-order valence-electron chi connectivity index (χ4n) is 1.34. The number of rotatable bonds is 5. The Morgan fingerprint density at radius 1 is 1.35 bits per heavy atom. The highest BCUT2D eigenvalue weighted by atomic mass is 32.2. The number of aromatic carboxylic acids is 1. The van der Waals surface area contributed by atoms with E-state index in [2.05, 4.69) is 0 Å². The lowest BCUT2D eigenvalue weighted by Gasteiger charge is -2.12. The van der Waals surface area contributed by atoms with Gasteiger partial charge >= 0.3 is 5.97 Å². The minimum absolute atomic E-state index is 0.130. The second kappa shape index (κ2) is 5.88. The number of carboxylic acids is 1. The maximum Gasteiger partial charge on any atom is 0.337 e. The molecule has 0 bridgehead atoms. The predicted octanol–water partition coefficient (Wildman–Crippen LogP) is -0.666. The third kappa shape index (κ3) is 3.68. The number of nitrogens with two attached hydrogens (primary N) is 1. The number of carboxylic acid groups (broad SMARTS) is 1. The smallest absolute Gasteiger partial charge is 0.337 e. The van der Waals surface area contributed by atoms with Crippen molar-refractivity contribution < 1.29 is 23.1 Å². The number of carbonyl (C=O) groups excluding carboxylic acids is 1. The van der Waals surface area contributed by atoms with Crippen LogP contribution >= 0.6 is 0 Å². The molecule has 1 amide bonds. The van der Waals surface area contributed by atoms with Gasteiger partial charge in [0.05, 0.1) is 17.0 Å². The summed E-state index contributed by atoms with van der Waals surface area (Å²) in [6.07, 6.45) is 0. The van der Waals surface area contributed by atoms with Crippen LogP contribution in [-0.4, -0.2) is 50.9 Å². The number of hydrogen-bond donors (Lipinski definition) is 3. The normalized spacial score (nSPS) is 11.1. The van der Waals surface area contributed by atoms with Crippen molar-refractivity contribution in [3.05, 3.63) is 23.8 Å². The molecule has 0 spiro atoms. The van der Waals surface area contributed by atoms with E-state index in [-0.39, 0.29) is 5.69 Å². The topological polar surface area (TPSA) is 130 Å². The van der Waals surface area contributed by atoms with Gasteiger partial charge in [0.2, 0.25) is 15.9 Å². The Morgan fingerprint density at radius 2 is 1.95 bits per heavy atom. The SMILES string of the molecule is CN(C)C(=O)CNS(=O)(=O)c1ccc(N)cc1C(=O)O. The van der Waals surface area contributed by atoms with Gasteiger partial charge in [0.25, 0.3) is 0 Å². The minimum atomic E-state index is -4.12. The Morgan fingerprint density at radius 3 is 2.45 bits per heavy atom. The fraction of sp³-hybridized carbons (Fsp3) is 0.273. The molecule has 1 rings (SSSR count). The molecule has 8 nitrogen and oxygen atoms in total.